The van der Waals surface area contributed by atoms with E-state index in [4.69, 9.17) is 4.74 Å². The van der Waals surface area contributed by atoms with Gasteiger partial charge in [0.15, 0.2) is 0 Å². The Labute approximate surface area is 148 Å². The molecule has 126 valence electrons. The molecular weight excluding hydrogens is 306 g/mol. The molecule has 2 nitrogen and oxygen atoms in total. The van der Waals surface area contributed by atoms with E-state index in [1.807, 2.05) is 0 Å². The molecule has 0 aliphatic carbocycles. The highest BCUT2D eigenvalue weighted by Crippen LogP contribution is 2.32. The molecule has 0 radical (unpaired) electrons. The van der Waals surface area contributed by atoms with Crippen LogP contribution in [-0.2, 0) is 11.2 Å². The van der Waals surface area contributed by atoms with Crippen LogP contribution in [0.2, 0.25) is 0 Å². The van der Waals surface area contributed by atoms with E-state index in [9.17, 15) is 0 Å². The molecule has 0 amide bonds. The second-order valence-corrected chi connectivity index (χ2v) is 6.64. The fourth-order valence-electron chi connectivity index (χ4n) is 3.60. The molecule has 0 N–H and O–H groups in total. The Kier molecular flexibility index (Phi) is 4.29. The molecule has 0 aliphatic heterocycles. The Morgan fingerprint density at radius 3 is 2.40 bits per heavy atom. The molecule has 0 bridgehead atoms. The number of hydrogen-bond acceptors (Lipinski definition) is 1. The van der Waals surface area contributed by atoms with Crippen LogP contribution in [0, 0.1) is 6.92 Å². The molecule has 0 saturated carbocycles. The summed E-state index contributed by atoms with van der Waals surface area (Å²) in [6, 6.07) is 24.3. The average molecular weight is 329 g/mol. The first kappa shape index (κ1) is 15.9. The lowest BCUT2D eigenvalue weighted by molar-refractivity contribution is 0.195. The Balaban J connectivity index is 1.82. The summed E-state index contributed by atoms with van der Waals surface area (Å²) < 4.78 is 7.51. The van der Waals surface area contributed by atoms with Gasteiger partial charge in [-0.05, 0) is 55.7 Å². The maximum Gasteiger partial charge on any atom is 0.0541 e. The van der Waals surface area contributed by atoms with Crippen molar-refractivity contribution in [2.45, 2.75) is 19.8 Å². The zero-order chi connectivity index (χ0) is 17.2. The van der Waals surface area contributed by atoms with Gasteiger partial charge in [0.2, 0.25) is 0 Å². The summed E-state index contributed by atoms with van der Waals surface area (Å²) in [6.45, 7) is 2.97. The molecule has 25 heavy (non-hydrogen) atoms. The molecule has 0 aliphatic rings. The first-order valence-corrected chi connectivity index (χ1v) is 8.86. The molecule has 0 atom stereocenters. The molecule has 2 heteroatoms. The van der Waals surface area contributed by atoms with Crippen molar-refractivity contribution in [3.63, 3.8) is 0 Å². The normalized spacial score (nSPS) is 11.4. The molecular formula is C23H23NO. The fraction of sp³-hybridized carbons (Fsp3) is 0.217. The topological polar surface area (TPSA) is 14.2 Å². The number of rotatable bonds is 5. The molecule has 0 unspecified atom stereocenters. The Bertz CT molecular complexity index is 1010. The summed E-state index contributed by atoms with van der Waals surface area (Å²) in [4.78, 5) is 0. The quantitative estimate of drug-likeness (QED) is 0.430. The van der Waals surface area contributed by atoms with E-state index in [1.165, 1.54) is 38.6 Å². The molecule has 1 heterocycles. The number of aryl methyl sites for hydroxylation is 2. The minimum Gasteiger partial charge on any atom is -0.385 e. The van der Waals surface area contributed by atoms with Crippen molar-refractivity contribution in [1.29, 1.82) is 0 Å². The SMILES string of the molecule is COCCCc1ccc(-n2c3ccccc3c3cc(C)ccc32)cc1. The number of methoxy groups -OCH3 is 1. The molecule has 4 aromatic rings. The van der Waals surface area contributed by atoms with Gasteiger partial charge in [-0.15, -0.1) is 0 Å². The maximum atomic E-state index is 5.15. The second kappa shape index (κ2) is 6.73. The van der Waals surface area contributed by atoms with Gasteiger partial charge < -0.3 is 9.30 Å². The van der Waals surface area contributed by atoms with E-state index < -0.39 is 0 Å². The van der Waals surface area contributed by atoms with E-state index in [-0.39, 0.29) is 0 Å². The lowest BCUT2D eigenvalue weighted by Crippen LogP contribution is -1.96. The van der Waals surface area contributed by atoms with Gasteiger partial charge in [0, 0.05) is 30.2 Å². The van der Waals surface area contributed by atoms with Gasteiger partial charge in [-0.25, -0.2) is 0 Å². The third-order valence-electron chi connectivity index (χ3n) is 4.84. The van der Waals surface area contributed by atoms with Crippen LogP contribution in [0.4, 0.5) is 0 Å². The zero-order valence-corrected chi connectivity index (χ0v) is 14.8. The van der Waals surface area contributed by atoms with Gasteiger partial charge in [0.1, 0.15) is 0 Å². The van der Waals surface area contributed by atoms with Crippen LogP contribution in [0.15, 0.2) is 66.7 Å². The van der Waals surface area contributed by atoms with Crippen molar-refractivity contribution in [2.75, 3.05) is 13.7 Å². The number of nitrogens with zero attached hydrogens (tertiary/aromatic N) is 1. The Hall–Kier alpha value is -2.58. The molecule has 3 aromatic carbocycles. The largest absolute Gasteiger partial charge is 0.385 e. The smallest absolute Gasteiger partial charge is 0.0541 e. The lowest BCUT2D eigenvalue weighted by atomic mass is 10.1. The van der Waals surface area contributed by atoms with Crippen LogP contribution < -0.4 is 0 Å². The number of ether oxygens (including phenoxy) is 1. The van der Waals surface area contributed by atoms with Crippen molar-refractivity contribution in [3.05, 3.63) is 77.9 Å². The zero-order valence-electron chi connectivity index (χ0n) is 14.8. The summed E-state index contributed by atoms with van der Waals surface area (Å²) in [6.07, 6.45) is 2.12. The average Bonchev–Trinajstić information content (AvgIpc) is 2.96. The number of hydrogen-bond donors (Lipinski definition) is 0. The predicted molar refractivity (Wildman–Crippen MR) is 106 cm³/mol. The molecule has 0 spiro atoms. The van der Waals surface area contributed by atoms with E-state index >= 15 is 0 Å². The summed E-state index contributed by atoms with van der Waals surface area (Å²) >= 11 is 0. The second-order valence-electron chi connectivity index (χ2n) is 6.64. The summed E-state index contributed by atoms with van der Waals surface area (Å²) in [5, 5.41) is 2.63. The van der Waals surface area contributed by atoms with Gasteiger partial charge in [-0.2, -0.15) is 0 Å². The van der Waals surface area contributed by atoms with Crippen molar-refractivity contribution >= 4 is 21.8 Å². The summed E-state index contributed by atoms with van der Waals surface area (Å²) in [7, 11) is 1.76. The predicted octanol–water partition coefficient (Wildman–Crippen LogP) is 5.67. The van der Waals surface area contributed by atoms with Crippen LogP contribution in [0.3, 0.4) is 0 Å². The standard InChI is InChI=1S/C23H23NO/c1-17-9-14-23-21(16-17)20-7-3-4-8-22(20)24(23)19-12-10-18(11-13-19)6-5-15-25-2/h3-4,7-14,16H,5-6,15H2,1-2H3. The third-order valence-corrected chi connectivity index (χ3v) is 4.84. The highest BCUT2D eigenvalue weighted by molar-refractivity contribution is 6.09. The van der Waals surface area contributed by atoms with Gasteiger partial charge in [-0.3, -0.25) is 0 Å². The van der Waals surface area contributed by atoms with E-state index in [2.05, 4.69) is 78.2 Å². The number of para-hydroxylation sites is 1. The van der Waals surface area contributed by atoms with Crippen molar-refractivity contribution in [1.82, 2.24) is 4.57 Å². The highest BCUT2D eigenvalue weighted by Gasteiger charge is 2.11. The first-order chi connectivity index (χ1) is 12.3. The van der Waals surface area contributed by atoms with Crippen molar-refractivity contribution in [2.24, 2.45) is 0 Å². The molecule has 0 fully saturated rings. The van der Waals surface area contributed by atoms with E-state index in [1.54, 1.807) is 7.11 Å². The molecule has 4 rings (SSSR count). The van der Waals surface area contributed by atoms with Gasteiger partial charge in [0.25, 0.3) is 0 Å². The maximum absolute atomic E-state index is 5.15. The van der Waals surface area contributed by atoms with E-state index in [0.29, 0.717) is 0 Å². The van der Waals surface area contributed by atoms with Crippen molar-refractivity contribution < 1.29 is 4.74 Å². The fourth-order valence-corrected chi connectivity index (χ4v) is 3.60. The summed E-state index contributed by atoms with van der Waals surface area (Å²) in [5.41, 5.74) is 6.39. The number of fused-ring (bicyclic) bond motifs is 3. The number of benzene rings is 3. The summed E-state index contributed by atoms with van der Waals surface area (Å²) in [5.74, 6) is 0. The van der Waals surface area contributed by atoms with Crippen LogP contribution in [0.1, 0.15) is 17.5 Å². The van der Waals surface area contributed by atoms with Crippen molar-refractivity contribution in [3.8, 4) is 5.69 Å². The Morgan fingerprint density at radius 1 is 0.840 bits per heavy atom. The third kappa shape index (κ3) is 2.94. The highest BCUT2D eigenvalue weighted by atomic mass is 16.5. The van der Waals surface area contributed by atoms with Gasteiger partial charge >= 0.3 is 0 Å². The Morgan fingerprint density at radius 2 is 1.60 bits per heavy atom. The van der Waals surface area contributed by atoms with Crippen LogP contribution in [0.25, 0.3) is 27.5 Å². The molecule has 0 saturated heterocycles. The van der Waals surface area contributed by atoms with Crippen LogP contribution in [0.5, 0.6) is 0 Å². The first-order valence-electron chi connectivity index (χ1n) is 8.86. The van der Waals surface area contributed by atoms with Crippen LogP contribution >= 0.6 is 0 Å². The minimum atomic E-state index is 0.813. The minimum absolute atomic E-state index is 0.813. The molecule has 1 aromatic heterocycles. The van der Waals surface area contributed by atoms with Gasteiger partial charge in [-0.1, -0.05) is 42.0 Å². The lowest BCUT2D eigenvalue weighted by Gasteiger charge is -2.09. The van der Waals surface area contributed by atoms with Gasteiger partial charge in [0.05, 0.1) is 11.0 Å². The number of aromatic nitrogens is 1. The van der Waals surface area contributed by atoms with Crippen LogP contribution in [-0.4, -0.2) is 18.3 Å². The van der Waals surface area contributed by atoms with E-state index in [0.717, 1.165) is 19.4 Å². The monoisotopic (exact) mass is 329 g/mol.